The highest BCUT2D eigenvalue weighted by Crippen LogP contribution is 2.65. The number of rotatable bonds is 9. The molecule has 388 valence electrons. The average molecular weight is 1100 g/mol. The van der Waals surface area contributed by atoms with Crippen molar-refractivity contribution in [2.45, 2.75) is 264 Å². The van der Waals surface area contributed by atoms with Crippen molar-refractivity contribution in [2.24, 2.45) is 0 Å². The van der Waals surface area contributed by atoms with E-state index in [1.54, 1.807) is 0 Å². The van der Waals surface area contributed by atoms with Gasteiger partial charge >= 0.3 is 70.4 Å². The molecule has 1 aromatic rings. The van der Waals surface area contributed by atoms with Crippen LogP contribution in [-0.2, 0) is 49.4 Å². The van der Waals surface area contributed by atoms with Crippen LogP contribution in [0.5, 0.6) is 0 Å². The Morgan fingerprint density at radius 1 is 0.271 bits per heavy atom. The van der Waals surface area contributed by atoms with E-state index in [0.29, 0.717) is 0 Å². The Bertz CT molecular complexity index is 1810. The average Bonchev–Trinajstić information content (AvgIpc) is 3.40. The van der Waals surface area contributed by atoms with Crippen LogP contribution >= 0.6 is 0 Å². The summed E-state index contributed by atoms with van der Waals surface area (Å²) in [6.45, 7) is 4.19. The minimum absolute atomic E-state index is 0.0148. The minimum atomic E-state index is -4.32. The molecule has 6 saturated heterocycles. The van der Waals surface area contributed by atoms with E-state index >= 15 is 0 Å². The van der Waals surface area contributed by atoms with Crippen LogP contribution in [0.3, 0.4) is 0 Å². The molecule has 0 unspecified atom stereocenters. The van der Waals surface area contributed by atoms with E-state index in [9.17, 15) is 0 Å². The summed E-state index contributed by atoms with van der Waals surface area (Å²) in [6.07, 6.45) is 39.1. The lowest BCUT2D eigenvalue weighted by Crippen LogP contribution is -2.92. The van der Waals surface area contributed by atoms with Crippen LogP contribution < -0.4 is 5.19 Å². The third-order valence-corrected chi connectivity index (χ3v) is 58.8. The van der Waals surface area contributed by atoms with Gasteiger partial charge in [-0.3, -0.25) is 0 Å². The summed E-state index contributed by atoms with van der Waals surface area (Å²) in [5.74, 6) is 0. The molecule has 13 fully saturated rings. The van der Waals surface area contributed by atoms with Crippen molar-refractivity contribution in [1.29, 1.82) is 0 Å². The lowest BCUT2D eigenvalue weighted by molar-refractivity contribution is -0.0485. The van der Waals surface area contributed by atoms with Crippen molar-refractivity contribution in [1.82, 2.24) is 0 Å². The fraction of sp³-hybridized carbons (Fsp3) is 0.840. The molecule has 6 aliphatic heterocycles. The molecule has 6 heterocycles. The van der Waals surface area contributed by atoms with Crippen LogP contribution in [-0.4, -0.2) is 70.4 Å². The van der Waals surface area contributed by atoms with Gasteiger partial charge in [-0.05, 0) is 95.5 Å². The van der Waals surface area contributed by atoms with E-state index in [4.69, 9.17) is 49.4 Å². The highest BCUT2D eigenvalue weighted by Gasteiger charge is 2.88. The monoisotopic (exact) mass is 1100 g/mol. The summed E-state index contributed by atoms with van der Waals surface area (Å²) >= 11 is 0. The molecule has 0 atom stereocenters. The maximum atomic E-state index is 8.75. The van der Waals surface area contributed by atoms with Gasteiger partial charge in [-0.25, -0.2) is 0 Å². The second kappa shape index (κ2) is 19.9. The molecule has 8 bridgehead atoms. The van der Waals surface area contributed by atoms with Crippen LogP contribution in [0.15, 0.2) is 30.8 Å². The van der Waals surface area contributed by atoms with Crippen LogP contribution in [0.1, 0.15) is 230 Å². The van der Waals surface area contributed by atoms with Crippen LogP contribution in [0.4, 0.5) is 0 Å². The summed E-state index contributed by atoms with van der Waals surface area (Å²) < 4.78 is 105. The molecule has 0 amide bonds. The maximum Gasteiger partial charge on any atom is 0.515 e. The highest BCUT2D eigenvalue weighted by molar-refractivity contribution is 7.06. The zero-order chi connectivity index (χ0) is 47.0. The molecular weight excluding hydrogens is 1020 g/mol. The first kappa shape index (κ1) is 49.8. The number of hydrogen-bond donors (Lipinski definition) is 0. The van der Waals surface area contributed by atoms with Crippen molar-refractivity contribution in [3.8, 4) is 0 Å². The molecule has 7 saturated carbocycles. The third kappa shape index (κ3) is 8.70. The van der Waals surface area contributed by atoms with Gasteiger partial charge in [0.25, 0.3) is 0 Å². The van der Waals surface area contributed by atoms with Crippen LogP contribution in [0.25, 0.3) is 6.08 Å². The second-order valence-corrected chi connectivity index (χ2v) is 49.8. The Balaban J connectivity index is 1.16. The van der Waals surface area contributed by atoms with Gasteiger partial charge in [0.2, 0.25) is 0 Å². The van der Waals surface area contributed by atoms with Crippen molar-refractivity contribution >= 4 is 81.7 Å². The molecule has 0 spiro atoms. The highest BCUT2D eigenvalue weighted by atomic mass is 28.6. The Kier molecular flexibility index (Phi) is 14.1. The molecule has 7 aliphatic carbocycles. The predicted molar refractivity (Wildman–Crippen MR) is 283 cm³/mol. The Morgan fingerprint density at radius 3 is 0.643 bits per heavy atom. The zero-order valence-electron chi connectivity index (χ0n) is 42.3. The maximum absolute atomic E-state index is 8.75. The van der Waals surface area contributed by atoms with Gasteiger partial charge in [-0.1, -0.05) is 172 Å². The molecule has 13 aliphatic rings. The van der Waals surface area contributed by atoms with E-state index in [1.807, 2.05) is 6.08 Å². The fourth-order valence-electron chi connectivity index (χ4n) is 15.8. The van der Waals surface area contributed by atoms with E-state index in [0.717, 1.165) is 191 Å². The van der Waals surface area contributed by atoms with Crippen molar-refractivity contribution in [3.63, 3.8) is 0 Å². The largest absolute Gasteiger partial charge is 0.515 e. The number of benzene rings is 1. The van der Waals surface area contributed by atoms with Crippen molar-refractivity contribution < 1.29 is 49.4 Å². The zero-order valence-corrected chi connectivity index (χ0v) is 50.3. The molecule has 70 heavy (non-hydrogen) atoms. The minimum Gasteiger partial charge on any atom is -0.373 e. The molecule has 12 nitrogen and oxygen atoms in total. The van der Waals surface area contributed by atoms with Gasteiger partial charge in [-0.15, -0.1) is 0 Å². The molecule has 1 aromatic carbocycles. The Labute approximate surface area is 428 Å². The standard InChI is InChI=1S/C50H84O12Si8/c1-2-42-38-40-50(41-39-42)70-60-67(47-32-18-7-19-33-47)54-64(44-26-12-4-13-27-44)51-63(43-24-10-3-11-25-43)52-65(56-67,45-28-14-5-15-29-45)58-69(62-70,49-36-22-9-23-37-49)59-66(53-63,46-30-16-6-17-31-46)57-68(55-64,61-70)48-34-20-8-21-35-48/h2,38-41,43-49H,1,3-37H2. The summed E-state index contributed by atoms with van der Waals surface area (Å²) in [5.41, 5.74) is 1.09. The normalized spacial score (nSPS) is 44.6. The van der Waals surface area contributed by atoms with Crippen LogP contribution in [0.2, 0.25) is 38.8 Å². The van der Waals surface area contributed by atoms with E-state index in [2.05, 4.69) is 30.8 Å². The molecule has 14 rings (SSSR count). The number of hydrogen-bond acceptors (Lipinski definition) is 12. The molecule has 0 N–H and O–H groups in total. The summed E-state index contributed by atoms with van der Waals surface area (Å²) in [6, 6.07) is 8.70. The summed E-state index contributed by atoms with van der Waals surface area (Å²) in [5, 5.41) is 0.894. The van der Waals surface area contributed by atoms with Gasteiger partial charge in [0.1, 0.15) is 0 Å². The lowest BCUT2D eigenvalue weighted by Gasteiger charge is -2.67. The second-order valence-electron chi connectivity index (χ2n) is 24.2. The molecule has 0 aromatic heterocycles. The van der Waals surface area contributed by atoms with Gasteiger partial charge in [0, 0.05) is 44.0 Å². The fourth-order valence-corrected chi connectivity index (χ4v) is 71.4. The lowest BCUT2D eigenvalue weighted by atomic mass is 10.0. The van der Waals surface area contributed by atoms with Gasteiger partial charge in [0.15, 0.2) is 0 Å². The van der Waals surface area contributed by atoms with E-state index in [1.165, 1.54) is 44.9 Å². The van der Waals surface area contributed by atoms with E-state index < -0.39 is 70.4 Å². The predicted octanol–water partition coefficient (Wildman–Crippen LogP) is 13.7. The van der Waals surface area contributed by atoms with Crippen molar-refractivity contribution in [2.75, 3.05) is 0 Å². The van der Waals surface area contributed by atoms with E-state index in [-0.39, 0.29) is 38.8 Å². The van der Waals surface area contributed by atoms with Gasteiger partial charge < -0.3 is 49.4 Å². The quantitative estimate of drug-likeness (QED) is 0.220. The van der Waals surface area contributed by atoms with Gasteiger partial charge in [0.05, 0.1) is 0 Å². The Morgan fingerprint density at radius 2 is 0.457 bits per heavy atom. The molecular formula is C50H84O12Si8. The topological polar surface area (TPSA) is 111 Å². The SMILES string of the molecule is C=Cc1ccc([Si]23O[Si]4(C5CCCCC5)O[Si]5(C6CCCCC6)O[Si](C6CCCCC6)(O2)O[Si]2(C6CCCCC6)O[Si](C6CCCCC6)(O3)O[Si](C3CCCCC3)(O4)O[Si](C3CCCCC3)(O5)O2)cc1. The summed E-state index contributed by atoms with van der Waals surface area (Å²) in [7, 11) is -32.9. The first-order valence-corrected chi connectivity index (χ1v) is 43.7. The molecule has 20 heteroatoms. The Hall–Kier alpha value is 0.215. The van der Waals surface area contributed by atoms with Crippen LogP contribution in [0, 0.1) is 0 Å². The smallest absolute Gasteiger partial charge is 0.373 e. The third-order valence-electron chi connectivity index (χ3n) is 19.6. The first-order chi connectivity index (χ1) is 34.3. The van der Waals surface area contributed by atoms with Gasteiger partial charge in [-0.2, -0.15) is 0 Å². The van der Waals surface area contributed by atoms with Crippen molar-refractivity contribution in [3.05, 3.63) is 36.4 Å². The first-order valence-electron chi connectivity index (χ1n) is 29.4. The summed E-state index contributed by atoms with van der Waals surface area (Å²) in [4.78, 5) is 0. The molecule has 0 radical (unpaired) electrons.